The zero-order valence-electron chi connectivity index (χ0n) is 15.2. The third-order valence-corrected chi connectivity index (χ3v) is 4.77. The summed E-state index contributed by atoms with van der Waals surface area (Å²) < 4.78 is 14.7. The number of benzene rings is 1. The normalized spacial score (nSPS) is 10.8. The van der Waals surface area contributed by atoms with Crippen LogP contribution in [0, 0.1) is 24.1 Å². The molecule has 0 amide bonds. The number of aromatic nitrogens is 3. The van der Waals surface area contributed by atoms with Crippen molar-refractivity contribution in [1.82, 2.24) is 14.5 Å². The van der Waals surface area contributed by atoms with Crippen LogP contribution in [0.3, 0.4) is 0 Å². The average Bonchev–Trinajstić information content (AvgIpc) is 2.66. The molecule has 0 aliphatic heterocycles. The molecule has 6 nitrogen and oxygen atoms in total. The Labute approximate surface area is 160 Å². The van der Waals surface area contributed by atoms with Gasteiger partial charge in [0.2, 0.25) is 5.95 Å². The van der Waals surface area contributed by atoms with Gasteiger partial charge in [-0.05, 0) is 43.9 Å². The molecule has 8 heteroatoms. The van der Waals surface area contributed by atoms with Crippen LogP contribution in [0.15, 0.2) is 34.1 Å². The van der Waals surface area contributed by atoms with Gasteiger partial charge in [-0.25, -0.2) is 18.9 Å². The molecule has 0 bridgehead atoms. The molecule has 138 valence electrons. The number of hydrogen-bond acceptors (Lipinski definition) is 6. The van der Waals surface area contributed by atoms with Gasteiger partial charge in [-0.15, -0.1) is 11.8 Å². The first-order valence-corrected chi connectivity index (χ1v) is 9.65. The Bertz CT molecular complexity index is 1100. The topological polar surface area (TPSA) is 83.6 Å². The maximum atomic E-state index is 13.3. The number of thioether (sulfide) groups is 1. The molecule has 0 fully saturated rings. The summed E-state index contributed by atoms with van der Waals surface area (Å²) in [7, 11) is 0. The van der Waals surface area contributed by atoms with Crippen molar-refractivity contribution in [2.75, 3.05) is 18.1 Å². The Hall–Kier alpha value is -2.92. The van der Waals surface area contributed by atoms with Crippen LogP contribution in [0.4, 0.5) is 10.3 Å². The van der Waals surface area contributed by atoms with Crippen LogP contribution in [0.1, 0.15) is 24.6 Å². The number of halogens is 1. The molecule has 3 aromatic rings. The SMILES string of the molecule is CCCNc1nc2c(C#N)c(SC)nc(C)c2c(=O)n1-c1ccc(F)cc1. The predicted molar refractivity (Wildman–Crippen MR) is 105 cm³/mol. The summed E-state index contributed by atoms with van der Waals surface area (Å²) in [6.45, 7) is 4.32. The Morgan fingerprint density at radius 2 is 2.00 bits per heavy atom. The van der Waals surface area contributed by atoms with E-state index < -0.39 is 5.82 Å². The number of hydrogen-bond donors (Lipinski definition) is 1. The Balaban J connectivity index is 2.43. The quantitative estimate of drug-likeness (QED) is 0.677. The monoisotopic (exact) mass is 383 g/mol. The third kappa shape index (κ3) is 3.38. The molecule has 3 rings (SSSR count). The highest BCUT2D eigenvalue weighted by atomic mass is 32.2. The number of nitriles is 1. The summed E-state index contributed by atoms with van der Waals surface area (Å²) >= 11 is 1.34. The van der Waals surface area contributed by atoms with Crippen LogP contribution in [0.25, 0.3) is 16.6 Å². The standard InChI is InChI=1S/C19H18FN5OS/c1-4-9-22-19-24-16-14(10-21)17(27-3)23-11(2)15(16)18(26)25(19)13-7-5-12(20)6-8-13/h5-8H,4,9H2,1-3H3,(H,22,24). The van der Waals surface area contributed by atoms with Gasteiger partial charge in [0.25, 0.3) is 5.56 Å². The summed E-state index contributed by atoms with van der Waals surface area (Å²) in [6, 6.07) is 7.74. The number of pyridine rings is 1. The largest absolute Gasteiger partial charge is 0.355 e. The van der Waals surface area contributed by atoms with Crippen LogP contribution < -0.4 is 10.9 Å². The lowest BCUT2D eigenvalue weighted by molar-refractivity contribution is 0.627. The highest BCUT2D eigenvalue weighted by Gasteiger charge is 2.20. The number of nitrogens with zero attached hydrogens (tertiary/aromatic N) is 4. The van der Waals surface area contributed by atoms with Gasteiger partial charge in [0, 0.05) is 6.54 Å². The Kier molecular flexibility index (Phi) is 5.42. The van der Waals surface area contributed by atoms with E-state index in [1.165, 1.54) is 40.6 Å². The minimum Gasteiger partial charge on any atom is -0.355 e. The minimum absolute atomic E-state index is 0.283. The van der Waals surface area contributed by atoms with E-state index in [9.17, 15) is 14.4 Å². The van der Waals surface area contributed by atoms with Crippen LogP contribution in [0.5, 0.6) is 0 Å². The molecule has 0 aliphatic carbocycles. The molecular weight excluding hydrogens is 365 g/mol. The van der Waals surface area contributed by atoms with Crippen molar-refractivity contribution >= 4 is 28.6 Å². The summed E-state index contributed by atoms with van der Waals surface area (Å²) in [5.74, 6) is -0.0760. The van der Waals surface area contributed by atoms with Crippen molar-refractivity contribution in [3.63, 3.8) is 0 Å². The van der Waals surface area contributed by atoms with Crippen LogP contribution in [0.2, 0.25) is 0 Å². The van der Waals surface area contributed by atoms with Gasteiger partial charge in [-0.3, -0.25) is 4.79 Å². The molecule has 0 aliphatic rings. The van der Waals surface area contributed by atoms with E-state index in [4.69, 9.17) is 0 Å². The number of aryl methyl sites for hydroxylation is 1. The molecule has 2 heterocycles. The first-order chi connectivity index (χ1) is 13.0. The molecule has 0 saturated heterocycles. The van der Waals surface area contributed by atoms with Crippen molar-refractivity contribution in [1.29, 1.82) is 5.26 Å². The second-order valence-electron chi connectivity index (χ2n) is 5.90. The second kappa shape index (κ2) is 7.76. The smallest absolute Gasteiger partial charge is 0.269 e. The van der Waals surface area contributed by atoms with Gasteiger partial charge in [0.1, 0.15) is 28.0 Å². The number of rotatable bonds is 5. The second-order valence-corrected chi connectivity index (χ2v) is 6.69. The third-order valence-electron chi connectivity index (χ3n) is 4.09. The highest BCUT2D eigenvalue weighted by Crippen LogP contribution is 2.27. The first kappa shape index (κ1) is 18.9. The molecular formula is C19H18FN5OS. The van der Waals surface area contributed by atoms with Gasteiger partial charge >= 0.3 is 0 Å². The van der Waals surface area contributed by atoms with Crippen molar-refractivity contribution < 1.29 is 4.39 Å². The van der Waals surface area contributed by atoms with Crippen LogP contribution in [-0.2, 0) is 0 Å². The molecule has 0 radical (unpaired) electrons. The zero-order chi connectivity index (χ0) is 19.6. The van der Waals surface area contributed by atoms with Gasteiger partial charge < -0.3 is 5.32 Å². The summed E-state index contributed by atoms with van der Waals surface area (Å²) in [4.78, 5) is 22.3. The summed E-state index contributed by atoms with van der Waals surface area (Å²) in [5, 5.41) is 13.6. The van der Waals surface area contributed by atoms with Crippen LogP contribution in [-0.4, -0.2) is 27.3 Å². The highest BCUT2D eigenvalue weighted by molar-refractivity contribution is 7.98. The van der Waals surface area contributed by atoms with Crippen molar-refractivity contribution in [2.45, 2.75) is 25.3 Å². The first-order valence-electron chi connectivity index (χ1n) is 8.43. The zero-order valence-corrected chi connectivity index (χ0v) is 16.0. The molecule has 0 spiro atoms. The molecule has 0 unspecified atom stereocenters. The average molecular weight is 383 g/mol. The number of anilines is 1. The summed E-state index contributed by atoms with van der Waals surface area (Å²) in [5.41, 5.74) is 1.26. The molecule has 27 heavy (non-hydrogen) atoms. The summed E-state index contributed by atoms with van der Waals surface area (Å²) in [6.07, 6.45) is 2.65. The number of fused-ring (bicyclic) bond motifs is 1. The van der Waals surface area contributed by atoms with Gasteiger partial charge in [-0.1, -0.05) is 6.92 Å². The fourth-order valence-electron chi connectivity index (χ4n) is 2.83. The van der Waals surface area contributed by atoms with E-state index >= 15 is 0 Å². The van der Waals surface area contributed by atoms with E-state index in [2.05, 4.69) is 21.4 Å². The van der Waals surface area contributed by atoms with Crippen molar-refractivity contribution in [3.05, 3.63) is 51.7 Å². The fourth-order valence-corrected chi connectivity index (χ4v) is 3.40. The maximum absolute atomic E-state index is 13.3. The van der Waals surface area contributed by atoms with E-state index in [0.29, 0.717) is 34.4 Å². The lowest BCUT2D eigenvalue weighted by Gasteiger charge is -2.16. The lowest BCUT2D eigenvalue weighted by Crippen LogP contribution is -2.25. The fraction of sp³-hybridized carbons (Fsp3) is 0.263. The molecule has 1 aromatic carbocycles. The van der Waals surface area contributed by atoms with Gasteiger partial charge in [0.05, 0.1) is 16.8 Å². The van der Waals surface area contributed by atoms with E-state index in [-0.39, 0.29) is 16.5 Å². The minimum atomic E-state index is -0.391. The maximum Gasteiger partial charge on any atom is 0.269 e. The molecule has 1 N–H and O–H groups in total. The van der Waals surface area contributed by atoms with Crippen molar-refractivity contribution in [2.24, 2.45) is 0 Å². The predicted octanol–water partition coefficient (Wildman–Crippen LogP) is 3.64. The molecule has 2 aromatic heterocycles. The molecule has 0 saturated carbocycles. The van der Waals surface area contributed by atoms with E-state index in [1.807, 2.05) is 13.2 Å². The Morgan fingerprint density at radius 1 is 1.30 bits per heavy atom. The lowest BCUT2D eigenvalue weighted by atomic mass is 10.1. The van der Waals surface area contributed by atoms with Gasteiger partial charge in [-0.2, -0.15) is 5.26 Å². The van der Waals surface area contributed by atoms with Gasteiger partial charge in [0.15, 0.2) is 0 Å². The number of nitrogens with one attached hydrogen (secondary N) is 1. The molecule has 0 atom stereocenters. The van der Waals surface area contributed by atoms with Crippen molar-refractivity contribution in [3.8, 4) is 11.8 Å². The van der Waals surface area contributed by atoms with E-state index in [1.54, 1.807) is 6.92 Å². The Morgan fingerprint density at radius 3 is 2.59 bits per heavy atom. The van der Waals surface area contributed by atoms with Crippen LogP contribution >= 0.6 is 11.8 Å². The van der Waals surface area contributed by atoms with E-state index in [0.717, 1.165) is 6.42 Å².